The number of nitrogens with zero attached hydrogens (tertiary/aromatic N) is 1. The number of nitrogens with one attached hydrogen (secondary N) is 1. The molecule has 1 aliphatic rings. The Morgan fingerprint density at radius 2 is 1.83 bits per heavy atom. The van der Waals surface area contributed by atoms with Crippen LogP contribution in [-0.4, -0.2) is 26.9 Å². The Kier molecular flexibility index (Phi) is 4.19. The topological polar surface area (TPSA) is 66.5 Å². The van der Waals surface area contributed by atoms with E-state index >= 15 is 0 Å². The van der Waals surface area contributed by atoms with E-state index in [9.17, 15) is 13.2 Å². The number of amides is 1. The summed E-state index contributed by atoms with van der Waals surface area (Å²) in [7, 11) is -3.62. The van der Waals surface area contributed by atoms with E-state index in [1.807, 2.05) is 43.3 Å². The standard InChI is InChI=1S/C17H18N2O3S/c1-13-6-5-9-16(10-13)23(21,22)18-14-11-17(20)19(12-14)15-7-3-2-4-8-15/h2-10,14,18H,11-12H2,1H3. The highest BCUT2D eigenvalue weighted by atomic mass is 32.2. The summed E-state index contributed by atoms with van der Waals surface area (Å²) in [5, 5.41) is 0. The first-order valence-corrected chi connectivity index (χ1v) is 8.88. The number of anilines is 1. The number of benzene rings is 2. The summed E-state index contributed by atoms with van der Waals surface area (Å²) >= 11 is 0. The summed E-state index contributed by atoms with van der Waals surface area (Å²) in [4.78, 5) is 14.0. The molecular formula is C17H18N2O3S. The van der Waals surface area contributed by atoms with Gasteiger partial charge >= 0.3 is 0 Å². The highest BCUT2D eigenvalue weighted by molar-refractivity contribution is 7.89. The molecule has 1 fully saturated rings. The maximum Gasteiger partial charge on any atom is 0.240 e. The van der Waals surface area contributed by atoms with Gasteiger partial charge in [0.15, 0.2) is 0 Å². The SMILES string of the molecule is Cc1cccc(S(=O)(=O)NC2CC(=O)N(c3ccccc3)C2)c1. The van der Waals surface area contributed by atoms with Gasteiger partial charge in [-0.25, -0.2) is 13.1 Å². The lowest BCUT2D eigenvalue weighted by Gasteiger charge is -2.17. The molecule has 120 valence electrons. The van der Waals surface area contributed by atoms with E-state index < -0.39 is 16.1 Å². The molecule has 1 amide bonds. The fraction of sp³-hybridized carbons (Fsp3) is 0.235. The Morgan fingerprint density at radius 3 is 2.52 bits per heavy atom. The average molecular weight is 330 g/mol. The third-order valence-electron chi connectivity index (χ3n) is 3.81. The second-order valence-corrected chi connectivity index (χ2v) is 7.39. The van der Waals surface area contributed by atoms with Crippen LogP contribution >= 0.6 is 0 Å². The molecule has 1 heterocycles. The van der Waals surface area contributed by atoms with Crippen molar-refractivity contribution in [2.24, 2.45) is 0 Å². The summed E-state index contributed by atoms with van der Waals surface area (Å²) in [6.45, 7) is 2.18. The molecule has 2 aromatic rings. The molecule has 0 aromatic heterocycles. The molecule has 0 radical (unpaired) electrons. The van der Waals surface area contributed by atoms with Crippen molar-refractivity contribution in [2.75, 3.05) is 11.4 Å². The van der Waals surface area contributed by atoms with Gasteiger partial charge in [0.05, 0.1) is 4.90 Å². The zero-order valence-electron chi connectivity index (χ0n) is 12.8. The van der Waals surface area contributed by atoms with Gasteiger partial charge in [-0.1, -0.05) is 30.3 Å². The summed E-state index contributed by atoms with van der Waals surface area (Å²) in [5.41, 5.74) is 1.66. The van der Waals surface area contributed by atoms with Gasteiger partial charge in [-0.3, -0.25) is 4.79 Å². The van der Waals surface area contributed by atoms with Crippen LogP contribution in [0.5, 0.6) is 0 Å². The Morgan fingerprint density at radius 1 is 1.09 bits per heavy atom. The number of hydrogen-bond acceptors (Lipinski definition) is 3. The molecule has 0 spiro atoms. The molecule has 1 unspecified atom stereocenters. The number of sulfonamides is 1. The zero-order chi connectivity index (χ0) is 16.4. The molecule has 1 aliphatic heterocycles. The Hall–Kier alpha value is -2.18. The number of aryl methyl sites for hydroxylation is 1. The van der Waals surface area contributed by atoms with E-state index in [0.29, 0.717) is 6.54 Å². The molecule has 1 atom stereocenters. The number of para-hydroxylation sites is 1. The van der Waals surface area contributed by atoms with Crippen molar-refractivity contribution >= 4 is 21.6 Å². The number of hydrogen-bond donors (Lipinski definition) is 1. The second kappa shape index (κ2) is 6.14. The normalized spacial score (nSPS) is 18.4. The minimum absolute atomic E-state index is 0.0758. The van der Waals surface area contributed by atoms with Gasteiger partial charge in [0.1, 0.15) is 0 Å². The van der Waals surface area contributed by atoms with E-state index in [-0.39, 0.29) is 17.2 Å². The van der Waals surface area contributed by atoms with Gasteiger partial charge in [0.25, 0.3) is 0 Å². The van der Waals surface area contributed by atoms with E-state index in [0.717, 1.165) is 11.3 Å². The molecule has 6 heteroatoms. The first kappa shape index (κ1) is 15.7. The lowest BCUT2D eigenvalue weighted by molar-refractivity contribution is -0.117. The monoisotopic (exact) mass is 330 g/mol. The van der Waals surface area contributed by atoms with Gasteiger partial charge in [-0.2, -0.15) is 0 Å². The molecule has 1 N–H and O–H groups in total. The molecule has 23 heavy (non-hydrogen) atoms. The third kappa shape index (κ3) is 3.43. The first-order chi connectivity index (χ1) is 11.0. The predicted octanol–water partition coefficient (Wildman–Crippen LogP) is 2.08. The third-order valence-corrected chi connectivity index (χ3v) is 5.33. The molecular weight excluding hydrogens is 312 g/mol. The van der Waals surface area contributed by atoms with Crippen LogP contribution in [0.1, 0.15) is 12.0 Å². The van der Waals surface area contributed by atoms with Crippen molar-refractivity contribution in [2.45, 2.75) is 24.3 Å². The second-order valence-electron chi connectivity index (χ2n) is 5.68. The Labute approximate surface area is 136 Å². The smallest absolute Gasteiger partial charge is 0.240 e. The first-order valence-electron chi connectivity index (χ1n) is 7.40. The molecule has 0 aliphatic carbocycles. The molecule has 3 rings (SSSR count). The van der Waals surface area contributed by atoms with Crippen molar-refractivity contribution in [3.05, 3.63) is 60.2 Å². The number of carbonyl (C=O) groups is 1. The van der Waals surface area contributed by atoms with Crippen LogP contribution in [0.2, 0.25) is 0 Å². The van der Waals surface area contributed by atoms with Crippen molar-refractivity contribution in [3.8, 4) is 0 Å². The van der Waals surface area contributed by atoms with Crippen LogP contribution < -0.4 is 9.62 Å². The summed E-state index contributed by atoms with van der Waals surface area (Å²) in [6.07, 6.45) is 0.167. The van der Waals surface area contributed by atoms with Crippen LogP contribution in [-0.2, 0) is 14.8 Å². The minimum atomic E-state index is -3.62. The lowest BCUT2D eigenvalue weighted by atomic mass is 10.2. The predicted molar refractivity (Wildman–Crippen MR) is 88.7 cm³/mol. The van der Waals surface area contributed by atoms with Crippen LogP contribution in [0.25, 0.3) is 0 Å². The fourth-order valence-electron chi connectivity index (χ4n) is 2.71. The minimum Gasteiger partial charge on any atom is -0.311 e. The van der Waals surface area contributed by atoms with Gasteiger partial charge < -0.3 is 4.90 Å². The molecule has 0 bridgehead atoms. The average Bonchev–Trinajstić information content (AvgIpc) is 2.88. The number of rotatable bonds is 4. The lowest BCUT2D eigenvalue weighted by Crippen LogP contribution is -2.37. The van der Waals surface area contributed by atoms with E-state index in [1.165, 1.54) is 0 Å². The van der Waals surface area contributed by atoms with E-state index in [2.05, 4.69) is 4.72 Å². The largest absolute Gasteiger partial charge is 0.311 e. The quantitative estimate of drug-likeness (QED) is 0.933. The van der Waals surface area contributed by atoms with Crippen molar-refractivity contribution in [3.63, 3.8) is 0 Å². The molecule has 0 saturated carbocycles. The highest BCUT2D eigenvalue weighted by Gasteiger charge is 2.33. The van der Waals surface area contributed by atoms with E-state index in [4.69, 9.17) is 0 Å². The Balaban J connectivity index is 1.76. The van der Waals surface area contributed by atoms with Crippen molar-refractivity contribution in [1.29, 1.82) is 0 Å². The van der Waals surface area contributed by atoms with Gasteiger partial charge in [-0.15, -0.1) is 0 Å². The highest BCUT2D eigenvalue weighted by Crippen LogP contribution is 2.22. The molecule has 2 aromatic carbocycles. The summed E-state index contributed by atoms with van der Waals surface area (Å²) < 4.78 is 27.5. The van der Waals surface area contributed by atoms with Crippen LogP contribution in [0.3, 0.4) is 0 Å². The number of carbonyl (C=O) groups excluding carboxylic acids is 1. The van der Waals surface area contributed by atoms with Gasteiger partial charge in [0, 0.05) is 24.7 Å². The van der Waals surface area contributed by atoms with E-state index in [1.54, 1.807) is 23.1 Å². The fourth-order valence-corrected chi connectivity index (χ4v) is 4.05. The Bertz CT molecular complexity index is 819. The molecule has 5 nitrogen and oxygen atoms in total. The summed E-state index contributed by atoms with van der Waals surface area (Å²) in [6, 6.07) is 15.6. The maximum absolute atomic E-state index is 12.4. The van der Waals surface area contributed by atoms with Crippen molar-refractivity contribution in [1.82, 2.24) is 4.72 Å². The van der Waals surface area contributed by atoms with Gasteiger partial charge in [0.2, 0.25) is 15.9 Å². The van der Waals surface area contributed by atoms with Crippen LogP contribution in [0, 0.1) is 6.92 Å². The van der Waals surface area contributed by atoms with Crippen molar-refractivity contribution < 1.29 is 13.2 Å². The maximum atomic E-state index is 12.4. The van der Waals surface area contributed by atoms with Crippen LogP contribution in [0.15, 0.2) is 59.5 Å². The zero-order valence-corrected chi connectivity index (χ0v) is 13.6. The molecule has 1 saturated heterocycles. The van der Waals surface area contributed by atoms with Gasteiger partial charge in [-0.05, 0) is 36.8 Å². The summed E-state index contributed by atoms with van der Waals surface area (Å²) in [5.74, 6) is -0.0758. The van der Waals surface area contributed by atoms with Crippen LogP contribution in [0.4, 0.5) is 5.69 Å².